The van der Waals surface area contributed by atoms with Gasteiger partial charge in [-0.25, -0.2) is 0 Å². The van der Waals surface area contributed by atoms with Gasteiger partial charge in [0.15, 0.2) is 4.99 Å². The summed E-state index contributed by atoms with van der Waals surface area (Å²) in [6.45, 7) is 2.13. The number of benzene rings is 1. The van der Waals surface area contributed by atoms with Crippen LogP contribution in [0.3, 0.4) is 0 Å². The first-order chi connectivity index (χ1) is 9.16. The average Bonchev–Trinajstić information content (AvgIpc) is 2.38. The lowest BCUT2D eigenvalue weighted by Gasteiger charge is -2.44. The van der Waals surface area contributed by atoms with E-state index in [0.717, 1.165) is 31.4 Å². The third-order valence-electron chi connectivity index (χ3n) is 3.55. The van der Waals surface area contributed by atoms with Crippen molar-refractivity contribution in [3.05, 3.63) is 40.4 Å². The zero-order valence-corrected chi connectivity index (χ0v) is 11.8. The Balaban J connectivity index is 2.13. The van der Waals surface area contributed by atoms with Gasteiger partial charge in [-0.3, -0.25) is 10.1 Å². The van der Waals surface area contributed by atoms with E-state index in [-0.39, 0.29) is 11.0 Å². The minimum absolute atomic E-state index is 0.0866. The lowest BCUT2D eigenvalue weighted by molar-refractivity contribution is -0.511. The Morgan fingerprint density at radius 3 is 2.58 bits per heavy atom. The highest BCUT2D eigenvalue weighted by Gasteiger charge is 2.52. The molecular weight excluding hydrogens is 260 g/mol. The Hall–Kier alpha value is -1.49. The Morgan fingerprint density at radius 1 is 1.32 bits per heavy atom. The van der Waals surface area contributed by atoms with E-state index in [1.54, 1.807) is 0 Å². The van der Waals surface area contributed by atoms with Crippen molar-refractivity contribution in [3.63, 3.8) is 0 Å². The Labute approximate surface area is 118 Å². The van der Waals surface area contributed by atoms with Gasteiger partial charge < -0.3 is 4.90 Å². The zero-order chi connectivity index (χ0) is 13.8. The normalized spacial score (nSPS) is 22.2. The molecule has 2 atom stereocenters. The summed E-state index contributed by atoms with van der Waals surface area (Å²) in [7, 11) is 0. The van der Waals surface area contributed by atoms with Crippen molar-refractivity contribution < 1.29 is 4.92 Å². The minimum atomic E-state index is -0.688. The van der Waals surface area contributed by atoms with Gasteiger partial charge in [0.2, 0.25) is 0 Å². The average molecular weight is 278 g/mol. The first-order valence-electron chi connectivity index (χ1n) is 6.68. The van der Waals surface area contributed by atoms with Crippen molar-refractivity contribution in [2.45, 2.75) is 44.7 Å². The summed E-state index contributed by atoms with van der Waals surface area (Å²) in [4.78, 5) is 13.3. The lowest BCUT2D eigenvalue weighted by Crippen LogP contribution is -2.67. The van der Waals surface area contributed by atoms with E-state index in [0.29, 0.717) is 4.99 Å². The minimum Gasteiger partial charge on any atom is -0.320 e. The van der Waals surface area contributed by atoms with Crippen molar-refractivity contribution in [1.29, 1.82) is 0 Å². The van der Waals surface area contributed by atoms with Crippen LogP contribution >= 0.6 is 12.2 Å². The van der Waals surface area contributed by atoms with Crippen LogP contribution in [0.4, 0.5) is 5.69 Å². The molecule has 0 spiro atoms. The van der Waals surface area contributed by atoms with E-state index >= 15 is 0 Å². The van der Waals surface area contributed by atoms with Crippen LogP contribution in [0.25, 0.3) is 0 Å². The summed E-state index contributed by atoms with van der Waals surface area (Å²) < 4.78 is 0. The summed E-state index contributed by atoms with van der Waals surface area (Å²) in [6, 6.07) is 8.93. The maximum Gasteiger partial charge on any atom is 0.283 e. The predicted octanol–water partition coefficient (Wildman–Crippen LogP) is 3.43. The number of rotatable bonds is 6. The molecule has 0 bridgehead atoms. The van der Waals surface area contributed by atoms with Crippen LogP contribution in [0.15, 0.2) is 30.3 Å². The summed E-state index contributed by atoms with van der Waals surface area (Å²) in [6.07, 6.45) is 4.06. The molecule has 0 saturated carbocycles. The van der Waals surface area contributed by atoms with Gasteiger partial charge in [-0.05, 0) is 18.6 Å². The summed E-state index contributed by atoms with van der Waals surface area (Å²) in [5.41, 5.74) is 0.965. The molecule has 0 unspecified atom stereocenters. The molecular formula is C14H18N2O2S. The second-order valence-corrected chi connectivity index (χ2v) is 5.26. The van der Waals surface area contributed by atoms with Gasteiger partial charge in [0.25, 0.3) is 6.04 Å². The van der Waals surface area contributed by atoms with Gasteiger partial charge in [-0.1, -0.05) is 56.6 Å². The van der Waals surface area contributed by atoms with E-state index in [1.165, 1.54) is 0 Å². The quantitative estimate of drug-likeness (QED) is 0.346. The topological polar surface area (TPSA) is 46.4 Å². The smallest absolute Gasteiger partial charge is 0.283 e. The number of thiocarbonyl (C=S) groups is 1. The molecule has 102 valence electrons. The molecule has 0 amide bonds. The molecule has 1 aromatic carbocycles. The van der Waals surface area contributed by atoms with Crippen LogP contribution in [-0.2, 0) is 0 Å². The van der Waals surface area contributed by atoms with Crippen molar-refractivity contribution in [1.82, 2.24) is 0 Å². The SMILES string of the molecule is CCCCC[C@H]1[C@@H]([N+](=O)[O-])C(=S)N1c1ccccc1. The van der Waals surface area contributed by atoms with Gasteiger partial charge >= 0.3 is 0 Å². The lowest BCUT2D eigenvalue weighted by atomic mass is 9.90. The third-order valence-corrected chi connectivity index (χ3v) is 3.99. The molecule has 1 heterocycles. The van der Waals surface area contributed by atoms with Crippen molar-refractivity contribution >= 4 is 22.9 Å². The van der Waals surface area contributed by atoms with Crippen molar-refractivity contribution in [2.24, 2.45) is 0 Å². The zero-order valence-electron chi connectivity index (χ0n) is 11.0. The molecule has 1 aromatic rings. The van der Waals surface area contributed by atoms with Crippen LogP contribution < -0.4 is 4.90 Å². The fourth-order valence-electron chi connectivity index (χ4n) is 2.56. The number of nitrogens with zero attached hydrogens (tertiary/aromatic N) is 2. The van der Waals surface area contributed by atoms with Crippen LogP contribution in [0.5, 0.6) is 0 Å². The molecule has 5 heteroatoms. The molecule has 0 aromatic heterocycles. The van der Waals surface area contributed by atoms with Crippen LogP contribution in [0.1, 0.15) is 32.6 Å². The molecule has 0 radical (unpaired) electrons. The number of hydrogen-bond donors (Lipinski definition) is 0. The fourth-order valence-corrected chi connectivity index (χ4v) is 3.04. The van der Waals surface area contributed by atoms with Gasteiger partial charge in [0, 0.05) is 10.6 Å². The van der Waals surface area contributed by atoms with Gasteiger partial charge in [0.1, 0.15) is 6.04 Å². The number of para-hydroxylation sites is 1. The number of anilines is 1. The molecule has 1 fully saturated rings. The Morgan fingerprint density at radius 2 is 2.00 bits per heavy atom. The second-order valence-electron chi connectivity index (χ2n) is 4.84. The molecule has 2 rings (SSSR count). The second kappa shape index (κ2) is 6.10. The van der Waals surface area contributed by atoms with Crippen molar-refractivity contribution in [2.75, 3.05) is 4.90 Å². The first kappa shape index (κ1) is 13.9. The van der Waals surface area contributed by atoms with Crippen LogP contribution in [0.2, 0.25) is 0 Å². The van der Waals surface area contributed by atoms with E-state index in [2.05, 4.69) is 6.92 Å². The molecule has 4 nitrogen and oxygen atoms in total. The molecule has 0 aliphatic carbocycles. The number of hydrogen-bond acceptors (Lipinski definition) is 3. The number of unbranched alkanes of at least 4 members (excludes halogenated alkanes) is 2. The van der Waals surface area contributed by atoms with E-state index in [9.17, 15) is 10.1 Å². The first-order valence-corrected chi connectivity index (χ1v) is 7.09. The standard InChI is InChI=1S/C14H18N2O2S/c1-2-3-5-10-12-13(16(17)18)14(19)15(12)11-8-6-4-7-9-11/h4,6-9,12-13H,2-3,5,10H2,1H3/t12-,13+/m0/s1. The maximum atomic E-state index is 11.1. The summed E-state index contributed by atoms with van der Waals surface area (Å²) >= 11 is 5.22. The van der Waals surface area contributed by atoms with E-state index < -0.39 is 6.04 Å². The third kappa shape index (κ3) is 2.76. The molecule has 0 N–H and O–H groups in total. The maximum absolute atomic E-state index is 11.1. The molecule has 1 saturated heterocycles. The monoisotopic (exact) mass is 278 g/mol. The highest BCUT2D eigenvalue weighted by molar-refractivity contribution is 7.80. The molecule has 1 aliphatic rings. The number of nitro groups is 1. The summed E-state index contributed by atoms with van der Waals surface area (Å²) in [5.74, 6) is 0. The van der Waals surface area contributed by atoms with Crippen LogP contribution in [0, 0.1) is 10.1 Å². The van der Waals surface area contributed by atoms with E-state index in [4.69, 9.17) is 12.2 Å². The highest BCUT2D eigenvalue weighted by atomic mass is 32.1. The Bertz CT molecular complexity index is 464. The predicted molar refractivity (Wildman–Crippen MR) is 80.2 cm³/mol. The Kier molecular flexibility index (Phi) is 4.47. The molecule has 1 aliphatic heterocycles. The van der Waals surface area contributed by atoms with Crippen molar-refractivity contribution in [3.8, 4) is 0 Å². The largest absolute Gasteiger partial charge is 0.320 e. The highest BCUT2D eigenvalue weighted by Crippen LogP contribution is 2.33. The van der Waals surface area contributed by atoms with Crippen LogP contribution in [-0.4, -0.2) is 22.0 Å². The fraction of sp³-hybridized carbons (Fsp3) is 0.500. The summed E-state index contributed by atoms with van der Waals surface area (Å²) in [5, 5.41) is 11.1. The van der Waals surface area contributed by atoms with E-state index in [1.807, 2.05) is 35.2 Å². The molecule has 19 heavy (non-hydrogen) atoms. The van der Waals surface area contributed by atoms with Gasteiger partial charge in [-0.15, -0.1) is 0 Å². The van der Waals surface area contributed by atoms with Gasteiger partial charge in [-0.2, -0.15) is 0 Å². The van der Waals surface area contributed by atoms with Gasteiger partial charge in [0.05, 0.1) is 0 Å².